The number of nitrogens with one attached hydrogen (secondary N) is 2. The van der Waals surface area contributed by atoms with Crippen molar-refractivity contribution in [2.45, 2.75) is 13.3 Å². The minimum absolute atomic E-state index is 0.0594. The van der Waals surface area contributed by atoms with Crippen molar-refractivity contribution in [3.8, 4) is 5.69 Å². The van der Waals surface area contributed by atoms with Crippen LogP contribution in [0.15, 0.2) is 54.7 Å². The number of aromatic nitrogens is 2. The van der Waals surface area contributed by atoms with Gasteiger partial charge in [0, 0.05) is 17.8 Å². The van der Waals surface area contributed by atoms with Gasteiger partial charge in [0.2, 0.25) is 5.91 Å². The lowest BCUT2D eigenvalue weighted by Gasteiger charge is -2.08. The third-order valence-electron chi connectivity index (χ3n) is 4.16. The molecule has 0 saturated heterocycles. The molecule has 0 aliphatic rings. The second-order valence-electron chi connectivity index (χ2n) is 6.04. The highest BCUT2D eigenvalue weighted by Gasteiger charge is 2.15. The van der Waals surface area contributed by atoms with E-state index in [9.17, 15) is 9.59 Å². The Morgan fingerprint density at radius 1 is 1.15 bits per heavy atom. The Kier molecular flexibility index (Phi) is 5.57. The van der Waals surface area contributed by atoms with Crippen LogP contribution in [-0.2, 0) is 11.2 Å². The summed E-state index contributed by atoms with van der Waals surface area (Å²) >= 11 is 6.03. The van der Waals surface area contributed by atoms with Crippen LogP contribution in [-0.4, -0.2) is 28.6 Å². The summed E-state index contributed by atoms with van der Waals surface area (Å²) in [6, 6.07) is 14.4. The Balaban J connectivity index is 1.74. The molecule has 0 radical (unpaired) electrons. The van der Waals surface area contributed by atoms with Crippen molar-refractivity contribution in [3.05, 3.63) is 76.6 Å². The Labute approximate surface area is 162 Å². The number of nitrogens with zero attached hydrogens (tertiary/aromatic N) is 2. The molecule has 0 spiro atoms. The van der Waals surface area contributed by atoms with Crippen LogP contribution in [0.2, 0.25) is 5.02 Å². The summed E-state index contributed by atoms with van der Waals surface area (Å²) in [5, 5.41) is 10.3. The number of benzene rings is 2. The summed E-state index contributed by atoms with van der Waals surface area (Å²) in [4.78, 5) is 24.0. The molecule has 27 heavy (non-hydrogen) atoms. The van der Waals surface area contributed by atoms with Gasteiger partial charge in [0.05, 0.1) is 29.6 Å². The summed E-state index contributed by atoms with van der Waals surface area (Å²) in [6.45, 7) is 1.83. The van der Waals surface area contributed by atoms with Crippen molar-refractivity contribution < 1.29 is 9.59 Å². The molecule has 3 aromatic rings. The minimum atomic E-state index is -0.250. The van der Waals surface area contributed by atoms with E-state index in [0.29, 0.717) is 28.4 Å². The number of rotatable bonds is 5. The number of hydrogen-bond donors (Lipinski definition) is 2. The molecule has 0 fully saturated rings. The van der Waals surface area contributed by atoms with Crippen LogP contribution in [0, 0.1) is 6.92 Å². The lowest BCUT2D eigenvalue weighted by Crippen LogP contribution is -2.19. The van der Waals surface area contributed by atoms with Crippen LogP contribution >= 0.6 is 11.6 Å². The molecule has 0 saturated carbocycles. The monoisotopic (exact) mass is 382 g/mol. The molecule has 2 N–H and O–H groups in total. The Bertz CT molecular complexity index is 980. The average molecular weight is 383 g/mol. The highest BCUT2D eigenvalue weighted by Crippen LogP contribution is 2.19. The molecule has 1 aromatic heterocycles. The standard InChI is InChI=1S/C20H19ClN4O2/c1-13-18(12-23-25(13)17-5-3-4-15(21)11-17)20(27)24-16-8-6-14(7-9-16)10-19(26)22-2/h3-9,11-12H,10H2,1-2H3,(H,22,26)(H,24,27). The highest BCUT2D eigenvalue weighted by molar-refractivity contribution is 6.30. The molecule has 6 nitrogen and oxygen atoms in total. The molecule has 2 aromatic carbocycles. The van der Waals surface area contributed by atoms with E-state index in [1.165, 1.54) is 6.20 Å². The number of anilines is 1. The van der Waals surface area contributed by atoms with Crippen molar-refractivity contribution in [2.75, 3.05) is 12.4 Å². The van der Waals surface area contributed by atoms with Crippen LogP contribution in [0.3, 0.4) is 0 Å². The molecule has 0 aliphatic carbocycles. The van der Waals surface area contributed by atoms with Gasteiger partial charge in [-0.3, -0.25) is 9.59 Å². The zero-order valence-electron chi connectivity index (χ0n) is 15.0. The maximum atomic E-state index is 12.6. The Hall–Kier alpha value is -3.12. The molecule has 0 unspecified atom stereocenters. The molecule has 7 heteroatoms. The van der Waals surface area contributed by atoms with E-state index >= 15 is 0 Å². The fraction of sp³-hybridized carbons (Fsp3) is 0.150. The van der Waals surface area contributed by atoms with E-state index in [1.54, 1.807) is 36.0 Å². The van der Waals surface area contributed by atoms with Gasteiger partial charge in [0.1, 0.15) is 0 Å². The van der Waals surface area contributed by atoms with Crippen molar-refractivity contribution >= 4 is 29.1 Å². The molecule has 1 heterocycles. The SMILES string of the molecule is CNC(=O)Cc1ccc(NC(=O)c2cnn(-c3cccc(Cl)c3)c2C)cc1. The molecular formula is C20H19ClN4O2. The zero-order valence-corrected chi connectivity index (χ0v) is 15.7. The lowest BCUT2D eigenvalue weighted by molar-refractivity contribution is -0.119. The maximum Gasteiger partial charge on any atom is 0.259 e. The van der Waals surface area contributed by atoms with E-state index in [2.05, 4.69) is 15.7 Å². The van der Waals surface area contributed by atoms with Gasteiger partial charge in [-0.05, 0) is 42.8 Å². The Morgan fingerprint density at radius 3 is 2.56 bits per heavy atom. The second-order valence-corrected chi connectivity index (χ2v) is 6.47. The first-order chi connectivity index (χ1) is 13.0. The van der Waals surface area contributed by atoms with Gasteiger partial charge in [0.15, 0.2) is 0 Å². The van der Waals surface area contributed by atoms with E-state index in [4.69, 9.17) is 11.6 Å². The number of amides is 2. The normalized spacial score (nSPS) is 10.5. The van der Waals surface area contributed by atoms with Crippen LogP contribution in [0.25, 0.3) is 5.69 Å². The molecule has 2 amide bonds. The number of carbonyl (C=O) groups excluding carboxylic acids is 2. The number of hydrogen-bond acceptors (Lipinski definition) is 3. The first-order valence-electron chi connectivity index (χ1n) is 8.39. The number of halogens is 1. The van der Waals surface area contributed by atoms with Gasteiger partial charge in [-0.1, -0.05) is 29.8 Å². The van der Waals surface area contributed by atoms with Crippen LogP contribution in [0.5, 0.6) is 0 Å². The third kappa shape index (κ3) is 4.35. The van der Waals surface area contributed by atoms with Crippen molar-refractivity contribution in [1.29, 1.82) is 0 Å². The van der Waals surface area contributed by atoms with E-state index < -0.39 is 0 Å². The fourth-order valence-electron chi connectivity index (χ4n) is 2.68. The summed E-state index contributed by atoms with van der Waals surface area (Å²) in [5.41, 5.74) is 3.50. The molecule has 0 atom stereocenters. The molecule has 138 valence electrons. The summed E-state index contributed by atoms with van der Waals surface area (Å²) < 4.78 is 1.67. The third-order valence-corrected chi connectivity index (χ3v) is 4.40. The predicted octanol–water partition coefficient (Wildman–Crippen LogP) is 3.37. The first-order valence-corrected chi connectivity index (χ1v) is 8.77. The largest absolute Gasteiger partial charge is 0.359 e. The van der Waals surface area contributed by atoms with Gasteiger partial charge >= 0.3 is 0 Å². The number of carbonyl (C=O) groups is 2. The van der Waals surface area contributed by atoms with Crippen molar-refractivity contribution in [2.24, 2.45) is 0 Å². The van der Waals surface area contributed by atoms with Crippen molar-refractivity contribution in [3.63, 3.8) is 0 Å². The van der Waals surface area contributed by atoms with Gasteiger partial charge in [-0.25, -0.2) is 4.68 Å². The van der Waals surface area contributed by atoms with E-state index in [1.807, 2.05) is 31.2 Å². The fourth-order valence-corrected chi connectivity index (χ4v) is 2.86. The molecule has 0 aliphatic heterocycles. The topological polar surface area (TPSA) is 76.0 Å². The van der Waals surface area contributed by atoms with E-state index in [-0.39, 0.29) is 11.8 Å². The van der Waals surface area contributed by atoms with Gasteiger partial charge < -0.3 is 10.6 Å². The average Bonchev–Trinajstić information content (AvgIpc) is 3.04. The smallest absolute Gasteiger partial charge is 0.259 e. The summed E-state index contributed by atoms with van der Waals surface area (Å²) in [7, 11) is 1.60. The molecule has 0 bridgehead atoms. The van der Waals surface area contributed by atoms with Crippen LogP contribution in [0.4, 0.5) is 5.69 Å². The maximum absolute atomic E-state index is 12.6. The predicted molar refractivity (Wildman–Crippen MR) is 105 cm³/mol. The van der Waals surface area contributed by atoms with Gasteiger partial charge in [0.25, 0.3) is 5.91 Å². The van der Waals surface area contributed by atoms with Crippen molar-refractivity contribution in [1.82, 2.24) is 15.1 Å². The lowest BCUT2D eigenvalue weighted by atomic mass is 10.1. The highest BCUT2D eigenvalue weighted by atomic mass is 35.5. The summed E-state index contributed by atoms with van der Waals surface area (Å²) in [5.74, 6) is -0.310. The molecular weight excluding hydrogens is 364 g/mol. The van der Waals surface area contributed by atoms with Gasteiger partial charge in [-0.15, -0.1) is 0 Å². The molecule has 3 rings (SSSR count). The number of likely N-dealkylation sites (N-methyl/N-ethyl adjacent to an activating group) is 1. The van der Waals surface area contributed by atoms with Crippen LogP contribution < -0.4 is 10.6 Å². The second kappa shape index (κ2) is 8.05. The first kappa shape index (κ1) is 18.7. The minimum Gasteiger partial charge on any atom is -0.359 e. The Morgan fingerprint density at radius 2 is 1.89 bits per heavy atom. The van der Waals surface area contributed by atoms with E-state index in [0.717, 1.165) is 11.3 Å². The zero-order chi connectivity index (χ0) is 19.4. The van der Waals surface area contributed by atoms with Crippen LogP contribution in [0.1, 0.15) is 21.6 Å². The quantitative estimate of drug-likeness (QED) is 0.710. The summed E-state index contributed by atoms with van der Waals surface area (Å²) in [6.07, 6.45) is 1.84. The van der Waals surface area contributed by atoms with Gasteiger partial charge in [-0.2, -0.15) is 5.10 Å².